The molecule has 2 unspecified atom stereocenters. The lowest BCUT2D eigenvalue weighted by Crippen LogP contribution is -2.65. The summed E-state index contributed by atoms with van der Waals surface area (Å²) in [6.45, 7) is 7.44. The van der Waals surface area contributed by atoms with Crippen molar-refractivity contribution in [2.24, 2.45) is 17.8 Å². The van der Waals surface area contributed by atoms with Gasteiger partial charge in [-0.1, -0.05) is 6.58 Å². The summed E-state index contributed by atoms with van der Waals surface area (Å²) in [6.07, 6.45) is 4.62. The fourth-order valence-corrected chi connectivity index (χ4v) is 4.98. The van der Waals surface area contributed by atoms with Crippen molar-refractivity contribution in [1.29, 1.82) is 0 Å². The summed E-state index contributed by atoms with van der Waals surface area (Å²) in [5.41, 5.74) is -0.358. The maximum absolute atomic E-state index is 11.7. The number of hydroxylamine groups is 2. The van der Waals surface area contributed by atoms with Crippen molar-refractivity contribution in [3.05, 3.63) is 12.3 Å². The first-order chi connectivity index (χ1) is 10.3. The van der Waals surface area contributed by atoms with Crippen molar-refractivity contribution in [2.75, 3.05) is 5.88 Å². The Balaban J connectivity index is 1.80. The van der Waals surface area contributed by atoms with E-state index in [1.54, 1.807) is 6.92 Å². The normalized spacial score (nSPS) is 42.3. The smallest absolute Gasteiger partial charge is 0.321 e. The largest absolute Gasteiger partial charge is 0.458 e. The lowest BCUT2D eigenvalue weighted by Gasteiger charge is -2.62. The Hall–Kier alpha value is -0.780. The molecule has 2 atom stereocenters. The summed E-state index contributed by atoms with van der Waals surface area (Å²) < 4.78 is 5.74. The van der Waals surface area contributed by atoms with E-state index in [0.717, 1.165) is 37.3 Å². The monoisotopic (exact) mass is 329 g/mol. The van der Waals surface area contributed by atoms with Gasteiger partial charge in [0, 0.05) is 11.8 Å². The molecule has 0 spiro atoms. The molecule has 0 aromatic heterocycles. The van der Waals surface area contributed by atoms with E-state index in [0.29, 0.717) is 11.6 Å². The maximum Gasteiger partial charge on any atom is 0.321 e. The van der Waals surface area contributed by atoms with Gasteiger partial charge in [0.15, 0.2) is 0 Å². The van der Waals surface area contributed by atoms with Gasteiger partial charge in [-0.05, 0) is 51.9 Å². The third-order valence-electron chi connectivity index (χ3n) is 5.80. The summed E-state index contributed by atoms with van der Waals surface area (Å²) in [5.74, 6) is 0.616. The molecule has 0 aromatic carbocycles. The van der Waals surface area contributed by atoms with Crippen LogP contribution >= 0.6 is 11.6 Å². The van der Waals surface area contributed by atoms with Crippen LogP contribution in [0.25, 0.3) is 0 Å². The fourth-order valence-electron chi connectivity index (χ4n) is 4.93. The van der Waals surface area contributed by atoms with Gasteiger partial charge in [0.2, 0.25) is 0 Å². The molecule has 4 aliphatic carbocycles. The molecular formula is C16H24ClNO4. The van der Waals surface area contributed by atoms with Gasteiger partial charge < -0.3 is 4.74 Å². The molecule has 0 saturated heterocycles. The second kappa shape index (κ2) is 5.39. The predicted molar refractivity (Wildman–Crippen MR) is 81.0 cm³/mol. The van der Waals surface area contributed by atoms with Gasteiger partial charge >= 0.3 is 5.97 Å². The Morgan fingerprint density at radius 2 is 1.95 bits per heavy atom. The summed E-state index contributed by atoms with van der Waals surface area (Å²) in [5, 5.41) is 10.7. The number of esters is 1. The average Bonchev–Trinajstić information content (AvgIpc) is 2.43. The number of alkyl halides is 1. The van der Waals surface area contributed by atoms with Crippen LogP contribution in [0.2, 0.25) is 0 Å². The lowest BCUT2D eigenvalue weighted by molar-refractivity contribution is -0.396. The van der Waals surface area contributed by atoms with Crippen LogP contribution < -0.4 is 0 Å². The van der Waals surface area contributed by atoms with Crippen LogP contribution in [0, 0.1) is 17.8 Å². The van der Waals surface area contributed by atoms with Crippen LogP contribution in [-0.4, -0.2) is 33.5 Å². The van der Waals surface area contributed by atoms with E-state index >= 15 is 0 Å². The first-order valence-electron chi connectivity index (χ1n) is 7.89. The highest BCUT2D eigenvalue weighted by atomic mass is 35.5. The van der Waals surface area contributed by atoms with Crippen LogP contribution in [0.15, 0.2) is 12.3 Å². The molecule has 4 bridgehead atoms. The van der Waals surface area contributed by atoms with Crippen molar-refractivity contribution in [3.8, 4) is 0 Å². The van der Waals surface area contributed by atoms with Gasteiger partial charge in [0.1, 0.15) is 11.5 Å². The number of ether oxygens (including phenoxy) is 1. The van der Waals surface area contributed by atoms with Crippen molar-refractivity contribution in [2.45, 2.75) is 57.2 Å². The Bertz CT molecular complexity index is 479. The molecule has 5 nitrogen and oxygen atoms in total. The highest BCUT2D eigenvalue weighted by molar-refractivity contribution is 6.26. The zero-order valence-electron chi connectivity index (χ0n) is 13.2. The van der Waals surface area contributed by atoms with E-state index in [2.05, 4.69) is 6.58 Å². The van der Waals surface area contributed by atoms with E-state index in [-0.39, 0.29) is 29.3 Å². The van der Waals surface area contributed by atoms with Gasteiger partial charge in [0.05, 0.1) is 11.3 Å². The minimum atomic E-state index is -0.459. The molecule has 0 heterocycles. The molecule has 4 aliphatic rings. The summed E-state index contributed by atoms with van der Waals surface area (Å²) >= 11 is 5.61. The molecule has 1 N–H and O–H groups in total. The molecule has 4 rings (SSSR count). The fraction of sp³-hybridized carbons (Fsp3) is 0.812. The maximum atomic E-state index is 11.7. The Kier molecular flexibility index (Phi) is 3.94. The highest BCUT2D eigenvalue weighted by Crippen LogP contribution is 2.62. The zero-order valence-corrected chi connectivity index (χ0v) is 13.9. The van der Waals surface area contributed by atoms with Crippen LogP contribution in [-0.2, 0) is 14.4 Å². The highest BCUT2D eigenvalue weighted by Gasteiger charge is 2.63. The van der Waals surface area contributed by atoms with E-state index in [1.165, 1.54) is 0 Å². The first kappa shape index (κ1) is 16.1. The third-order valence-corrected chi connectivity index (χ3v) is 6.02. The average molecular weight is 330 g/mol. The Morgan fingerprint density at radius 3 is 2.45 bits per heavy atom. The van der Waals surface area contributed by atoms with E-state index in [4.69, 9.17) is 21.2 Å². The molecule has 22 heavy (non-hydrogen) atoms. The van der Waals surface area contributed by atoms with Crippen molar-refractivity contribution >= 4 is 17.6 Å². The van der Waals surface area contributed by atoms with Crippen molar-refractivity contribution < 1.29 is 19.6 Å². The number of hydrogen-bond donors (Lipinski definition) is 1. The molecule has 4 saturated carbocycles. The van der Waals surface area contributed by atoms with Crippen LogP contribution in [0.1, 0.15) is 46.0 Å². The molecule has 0 radical (unpaired) electrons. The second-order valence-corrected chi connectivity index (χ2v) is 7.68. The lowest BCUT2D eigenvalue weighted by atomic mass is 9.48. The topological polar surface area (TPSA) is 59.0 Å². The molecular weight excluding hydrogens is 306 g/mol. The van der Waals surface area contributed by atoms with E-state index < -0.39 is 5.60 Å². The number of allylic oxidation sites excluding steroid dienone is 1. The van der Waals surface area contributed by atoms with Crippen LogP contribution in [0.3, 0.4) is 0 Å². The van der Waals surface area contributed by atoms with E-state index in [9.17, 15) is 10.0 Å². The van der Waals surface area contributed by atoms with Gasteiger partial charge in [0.25, 0.3) is 0 Å². The second-order valence-electron chi connectivity index (χ2n) is 7.42. The summed E-state index contributed by atoms with van der Waals surface area (Å²) in [7, 11) is 0. The third kappa shape index (κ3) is 2.53. The quantitative estimate of drug-likeness (QED) is 0.476. The SMILES string of the molecule is C=C(C)N(O)OC12CC3CC(C1)C(C)(OC(=O)CCl)C(C3)C2. The molecule has 0 amide bonds. The van der Waals surface area contributed by atoms with Crippen LogP contribution in [0.5, 0.6) is 0 Å². The Labute approximate surface area is 136 Å². The van der Waals surface area contributed by atoms with Crippen molar-refractivity contribution in [3.63, 3.8) is 0 Å². The number of nitrogens with zero attached hydrogens (tertiary/aromatic N) is 1. The Morgan fingerprint density at radius 1 is 1.36 bits per heavy atom. The van der Waals surface area contributed by atoms with Gasteiger partial charge in [-0.3, -0.25) is 10.0 Å². The minimum Gasteiger partial charge on any atom is -0.458 e. The predicted octanol–water partition coefficient (Wildman–Crippen LogP) is 3.26. The minimum absolute atomic E-state index is 0.111. The van der Waals surface area contributed by atoms with Gasteiger partial charge in [-0.2, -0.15) is 0 Å². The molecule has 0 aliphatic heterocycles. The molecule has 4 fully saturated rings. The number of halogens is 1. The summed E-state index contributed by atoms with van der Waals surface area (Å²) in [4.78, 5) is 17.6. The van der Waals surface area contributed by atoms with Crippen molar-refractivity contribution in [1.82, 2.24) is 5.23 Å². The molecule has 124 valence electrons. The zero-order chi connectivity index (χ0) is 16.1. The standard InChI is InChI=1S/C16H24ClNO4/c1-10(2)18(20)22-16-6-11-4-12(7-16)15(3,13(5-11)8-16)21-14(19)9-17/h11-13,20H,1,4-9H2,2-3H3. The first-order valence-corrected chi connectivity index (χ1v) is 8.43. The van der Waals surface area contributed by atoms with Gasteiger partial charge in [-0.25, -0.2) is 4.84 Å². The number of rotatable bonds is 5. The molecule has 6 heteroatoms. The van der Waals surface area contributed by atoms with Crippen LogP contribution in [0.4, 0.5) is 0 Å². The van der Waals surface area contributed by atoms with E-state index in [1.807, 2.05) is 6.92 Å². The number of carbonyl (C=O) groups is 1. The number of carbonyl (C=O) groups excluding carboxylic acids is 1. The van der Waals surface area contributed by atoms with Gasteiger partial charge in [-0.15, -0.1) is 16.8 Å². The number of hydrogen-bond acceptors (Lipinski definition) is 5. The molecule has 0 aromatic rings. The summed E-state index contributed by atoms with van der Waals surface area (Å²) in [6, 6.07) is 0.